The lowest BCUT2D eigenvalue weighted by molar-refractivity contribution is -0.192. The molecule has 1 aliphatic rings. The van der Waals surface area contributed by atoms with Gasteiger partial charge in [0, 0.05) is 7.05 Å². The second-order valence-electron chi connectivity index (χ2n) is 6.99. The number of nitrogens with zero attached hydrogens (tertiary/aromatic N) is 4. The van der Waals surface area contributed by atoms with E-state index in [4.69, 9.17) is 30.5 Å². The highest BCUT2D eigenvalue weighted by Gasteiger charge is 2.46. The number of hydrogen-bond donors (Lipinski definition) is 1. The second-order valence-corrected chi connectivity index (χ2v) is 7.33. The number of ether oxygens (including phenoxy) is 4. The quantitative estimate of drug-likeness (QED) is 0.341. The summed E-state index contributed by atoms with van der Waals surface area (Å²) in [6.07, 6.45) is 2.21. The highest BCUT2D eigenvalue weighted by molar-refractivity contribution is 6.28. The molecule has 0 amide bonds. The topological polar surface area (TPSA) is 127 Å². The first-order chi connectivity index (χ1) is 14.8. The van der Waals surface area contributed by atoms with Crippen LogP contribution in [0.5, 0.6) is 0 Å². The third kappa shape index (κ3) is 4.73. The van der Waals surface area contributed by atoms with Crippen molar-refractivity contribution in [2.75, 3.05) is 32.2 Å². The van der Waals surface area contributed by atoms with E-state index in [1.165, 1.54) is 6.92 Å². The number of anilines is 1. The summed E-state index contributed by atoms with van der Waals surface area (Å²) in [4.78, 5) is 37.4. The summed E-state index contributed by atoms with van der Waals surface area (Å²) in [6, 6.07) is 0. The molecule has 3 rings (SSSR count). The van der Waals surface area contributed by atoms with Crippen molar-refractivity contribution in [3.05, 3.63) is 11.6 Å². The highest BCUT2D eigenvalue weighted by atomic mass is 35.5. The molecule has 0 saturated carbocycles. The summed E-state index contributed by atoms with van der Waals surface area (Å²) in [5.74, 6) is -1.07. The van der Waals surface area contributed by atoms with Gasteiger partial charge in [0.15, 0.2) is 17.0 Å². The molecule has 0 spiro atoms. The van der Waals surface area contributed by atoms with Crippen LogP contribution in [0.25, 0.3) is 11.2 Å². The van der Waals surface area contributed by atoms with Crippen LogP contribution in [0.4, 0.5) is 5.82 Å². The number of hydrogen-bond acceptors (Lipinski definition) is 10. The van der Waals surface area contributed by atoms with Crippen molar-refractivity contribution in [1.29, 1.82) is 0 Å². The number of aromatic nitrogens is 4. The Labute approximate surface area is 184 Å². The maximum Gasteiger partial charge on any atom is 0.349 e. The number of imidazole rings is 1. The Balaban J connectivity index is 1.71. The smallest absolute Gasteiger partial charge is 0.349 e. The zero-order chi connectivity index (χ0) is 22.6. The summed E-state index contributed by atoms with van der Waals surface area (Å²) in [5, 5.41) is 3.04. The fourth-order valence-electron chi connectivity index (χ4n) is 3.29. The van der Waals surface area contributed by atoms with E-state index in [0.29, 0.717) is 29.8 Å². The van der Waals surface area contributed by atoms with Gasteiger partial charge in [-0.05, 0) is 45.2 Å². The zero-order valence-electron chi connectivity index (χ0n) is 17.9. The van der Waals surface area contributed by atoms with Crippen LogP contribution in [0, 0.1) is 0 Å². The molecule has 1 saturated heterocycles. The molecule has 12 heteroatoms. The monoisotopic (exact) mass is 455 g/mol. The molecule has 31 heavy (non-hydrogen) atoms. The van der Waals surface area contributed by atoms with Crippen LogP contribution in [0.2, 0.25) is 5.28 Å². The van der Waals surface area contributed by atoms with Gasteiger partial charge in [-0.3, -0.25) is 4.57 Å². The van der Waals surface area contributed by atoms with Crippen LogP contribution in [0.3, 0.4) is 0 Å². The molecule has 0 aromatic carbocycles. The van der Waals surface area contributed by atoms with Gasteiger partial charge in [0.05, 0.1) is 32.3 Å². The number of nitrogens with one attached hydrogen (secondary N) is 1. The van der Waals surface area contributed by atoms with Gasteiger partial charge < -0.3 is 24.3 Å². The average Bonchev–Trinajstić information content (AvgIpc) is 3.38. The van der Waals surface area contributed by atoms with E-state index in [2.05, 4.69) is 20.3 Å². The minimum absolute atomic E-state index is 0.00869. The predicted molar refractivity (Wildman–Crippen MR) is 111 cm³/mol. The van der Waals surface area contributed by atoms with E-state index in [1.54, 1.807) is 31.8 Å². The third-order valence-corrected chi connectivity index (χ3v) is 5.08. The molecular formula is C19H26ClN5O6. The van der Waals surface area contributed by atoms with E-state index in [1.807, 2.05) is 0 Å². The van der Waals surface area contributed by atoms with Crippen molar-refractivity contribution in [3.8, 4) is 0 Å². The molecule has 2 atom stereocenters. The average molecular weight is 456 g/mol. The summed E-state index contributed by atoms with van der Waals surface area (Å²) >= 11 is 6.03. The maximum atomic E-state index is 12.3. The van der Waals surface area contributed by atoms with Gasteiger partial charge in [-0.1, -0.05) is 0 Å². The van der Waals surface area contributed by atoms with Gasteiger partial charge in [-0.15, -0.1) is 0 Å². The molecular weight excluding hydrogens is 430 g/mol. The van der Waals surface area contributed by atoms with Gasteiger partial charge >= 0.3 is 11.9 Å². The first-order valence-corrected chi connectivity index (χ1v) is 10.4. The zero-order valence-corrected chi connectivity index (χ0v) is 18.6. The van der Waals surface area contributed by atoms with Crippen molar-refractivity contribution in [2.45, 2.75) is 51.5 Å². The Bertz CT molecular complexity index is 933. The van der Waals surface area contributed by atoms with Gasteiger partial charge in [-0.2, -0.15) is 9.97 Å². The van der Waals surface area contributed by atoms with E-state index in [0.717, 1.165) is 0 Å². The fraction of sp³-hybridized carbons (Fsp3) is 0.632. The summed E-state index contributed by atoms with van der Waals surface area (Å²) in [7, 11) is 1.72. The Morgan fingerprint density at radius 1 is 1.26 bits per heavy atom. The fourth-order valence-corrected chi connectivity index (χ4v) is 3.45. The number of halogens is 1. The molecule has 1 aliphatic heterocycles. The molecule has 0 bridgehead atoms. The third-order valence-electron chi connectivity index (χ3n) is 4.91. The number of carbonyl (C=O) groups is 2. The van der Waals surface area contributed by atoms with E-state index in [9.17, 15) is 9.59 Å². The lowest BCUT2D eigenvalue weighted by Gasteiger charge is -2.26. The number of carbonyl (C=O) groups excluding carboxylic acids is 2. The Morgan fingerprint density at radius 2 is 1.94 bits per heavy atom. The van der Waals surface area contributed by atoms with Gasteiger partial charge in [-0.25, -0.2) is 14.6 Å². The van der Waals surface area contributed by atoms with Crippen molar-refractivity contribution in [2.24, 2.45) is 0 Å². The van der Waals surface area contributed by atoms with Gasteiger partial charge in [0.25, 0.3) is 5.60 Å². The molecule has 1 fully saturated rings. The number of rotatable bonds is 9. The molecule has 2 aromatic heterocycles. The van der Waals surface area contributed by atoms with Crippen molar-refractivity contribution >= 4 is 40.5 Å². The summed E-state index contributed by atoms with van der Waals surface area (Å²) < 4.78 is 23.5. The van der Waals surface area contributed by atoms with E-state index < -0.39 is 17.5 Å². The van der Waals surface area contributed by atoms with E-state index in [-0.39, 0.29) is 37.4 Å². The molecule has 3 heterocycles. The Morgan fingerprint density at radius 3 is 2.55 bits per heavy atom. The minimum Gasteiger partial charge on any atom is -0.463 e. The van der Waals surface area contributed by atoms with Crippen molar-refractivity contribution in [3.63, 3.8) is 0 Å². The van der Waals surface area contributed by atoms with Crippen molar-refractivity contribution in [1.82, 2.24) is 19.5 Å². The number of fused-ring (bicyclic) bond motifs is 1. The predicted octanol–water partition coefficient (Wildman–Crippen LogP) is 2.10. The minimum atomic E-state index is -1.86. The van der Waals surface area contributed by atoms with Crippen LogP contribution < -0.4 is 5.32 Å². The molecule has 0 unspecified atom stereocenters. The first kappa shape index (κ1) is 23.2. The number of esters is 2. The normalized spacial score (nSPS) is 18.9. The largest absolute Gasteiger partial charge is 0.463 e. The maximum absolute atomic E-state index is 12.3. The Hall–Kier alpha value is -2.50. The molecule has 11 nitrogen and oxygen atoms in total. The highest BCUT2D eigenvalue weighted by Crippen LogP contribution is 2.32. The molecule has 2 aromatic rings. The SMILES string of the molecule is CCOC(=O)C(C)(OC[C@@H]1CC[C@H](n2cnc3c(NC)nc(Cl)nc32)O1)C(=O)OCC. The lowest BCUT2D eigenvalue weighted by atomic mass is 10.1. The van der Waals surface area contributed by atoms with Crippen LogP contribution in [-0.4, -0.2) is 70.0 Å². The van der Waals surface area contributed by atoms with E-state index >= 15 is 0 Å². The van der Waals surface area contributed by atoms with Crippen LogP contribution >= 0.6 is 11.6 Å². The Kier molecular flexibility index (Phi) is 7.29. The van der Waals surface area contributed by atoms with Crippen molar-refractivity contribution < 1.29 is 28.5 Å². The summed E-state index contributed by atoms with van der Waals surface area (Å²) in [5.41, 5.74) is -0.747. The molecule has 170 valence electrons. The molecule has 0 aliphatic carbocycles. The van der Waals surface area contributed by atoms with Gasteiger partial charge in [0.2, 0.25) is 5.28 Å². The van der Waals surface area contributed by atoms with Crippen LogP contribution in [0.15, 0.2) is 6.33 Å². The molecule has 1 N–H and O–H groups in total. The first-order valence-electron chi connectivity index (χ1n) is 10.1. The van der Waals surface area contributed by atoms with Crippen LogP contribution in [-0.2, 0) is 28.5 Å². The summed E-state index contributed by atoms with van der Waals surface area (Å²) in [6.45, 7) is 4.89. The van der Waals surface area contributed by atoms with Gasteiger partial charge in [0.1, 0.15) is 6.23 Å². The standard InChI is InChI=1S/C19H26ClN5O6/c1-5-28-16(26)19(3,17(27)29-6-2)30-9-11-7-8-12(31-11)25-10-22-13-14(21-4)23-18(20)24-15(13)25/h10-12H,5-9H2,1-4H3,(H,21,23,24)/t11-,12+/m0/s1. The molecule has 0 radical (unpaired) electrons. The lowest BCUT2D eigenvalue weighted by Crippen LogP contribution is -2.49. The van der Waals surface area contributed by atoms with Crippen LogP contribution in [0.1, 0.15) is 39.8 Å². The second kappa shape index (κ2) is 9.75.